The maximum Gasteiger partial charge on any atom is 0.218 e. The van der Waals surface area contributed by atoms with Gasteiger partial charge in [0.2, 0.25) is 5.91 Å². The van der Waals surface area contributed by atoms with Gasteiger partial charge in [0.25, 0.3) is 0 Å². The molecular weight excluding hydrogens is 264 g/mol. The highest BCUT2D eigenvalue weighted by Gasteiger charge is 2.18. The van der Waals surface area contributed by atoms with Crippen LogP contribution in [0, 0.1) is 6.92 Å². The third kappa shape index (κ3) is 2.63. The molecule has 0 spiro atoms. The van der Waals surface area contributed by atoms with Gasteiger partial charge in [-0.15, -0.1) is 5.10 Å². The van der Waals surface area contributed by atoms with E-state index >= 15 is 0 Å². The van der Waals surface area contributed by atoms with Gasteiger partial charge in [-0.05, 0) is 24.6 Å². The number of para-hydroxylation sites is 1. The molecule has 0 bridgehead atoms. The van der Waals surface area contributed by atoms with E-state index in [0.29, 0.717) is 0 Å². The average molecular weight is 280 g/mol. The monoisotopic (exact) mass is 280 g/mol. The van der Waals surface area contributed by atoms with E-state index in [1.54, 1.807) is 4.68 Å². The maximum absolute atomic E-state index is 11.6. The number of aromatic nitrogens is 3. The highest BCUT2D eigenvalue weighted by molar-refractivity contribution is 5.76. The first kappa shape index (κ1) is 13.3. The van der Waals surface area contributed by atoms with Gasteiger partial charge < -0.3 is 5.32 Å². The van der Waals surface area contributed by atoms with Crippen LogP contribution in [0.1, 0.15) is 24.2 Å². The van der Waals surface area contributed by atoms with Gasteiger partial charge in [-0.25, -0.2) is 4.68 Å². The lowest BCUT2D eigenvalue weighted by Gasteiger charge is -2.19. The summed E-state index contributed by atoms with van der Waals surface area (Å²) in [7, 11) is 0. The second kappa shape index (κ2) is 5.36. The molecule has 21 heavy (non-hydrogen) atoms. The van der Waals surface area contributed by atoms with Crippen LogP contribution in [-0.4, -0.2) is 20.9 Å². The number of rotatable bonds is 3. The number of carbonyl (C=O) groups is 1. The summed E-state index contributed by atoms with van der Waals surface area (Å²) in [6.07, 6.45) is -0.365. The molecule has 3 aromatic rings. The van der Waals surface area contributed by atoms with E-state index in [9.17, 15) is 4.79 Å². The van der Waals surface area contributed by atoms with Crippen molar-refractivity contribution in [3.8, 4) is 0 Å². The Kier molecular flexibility index (Phi) is 3.39. The number of nitrogens with zero attached hydrogens (tertiary/aromatic N) is 3. The third-order valence-corrected chi connectivity index (χ3v) is 3.36. The summed E-state index contributed by atoms with van der Waals surface area (Å²) in [6.45, 7) is 3.53. The van der Waals surface area contributed by atoms with Crippen molar-refractivity contribution in [3.63, 3.8) is 0 Å². The van der Waals surface area contributed by atoms with Crippen molar-refractivity contribution in [2.45, 2.75) is 20.0 Å². The molecule has 3 rings (SSSR count). The Morgan fingerprint density at radius 3 is 2.57 bits per heavy atom. The number of nitrogens with one attached hydrogen (secondary N) is 1. The first-order valence-electron chi connectivity index (χ1n) is 6.79. The van der Waals surface area contributed by atoms with Crippen LogP contribution in [0.4, 0.5) is 0 Å². The predicted molar refractivity (Wildman–Crippen MR) is 80.7 cm³/mol. The number of hydrogen-bond acceptors (Lipinski definition) is 3. The lowest BCUT2D eigenvalue weighted by Crippen LogP contribution is -2.32. The highest BCUT2D eigenvalue weighted by Crippen LogP contribution is 2.20. The molecule has 0 aliphatic carbocycles. The van der Waals surface area contributed by atoms with Gasteiger partial charge in [0.1, 0.15) is 5.52 Å². The van der Waals surface area contributed by atoms with Gasteiger partial charge >= 0.3 is 0 Å². The average Bonchev–Trinajstić information content (AvgIpc) is 2.89. The van der Waals surface area contributed by atoms with Crippen LogP contribution in [0.25, 0.3) is 11.0 Å². The first-order chi connectivity index (χ1) is 10.1. The Hall–Kier alpha value is -2.69. The Balaban J connectivity index is 2.11. The molecule has 1 amide bonds. The molecule has 5 heteroatoms. The third-order valence-electron chi connectivity index (χ3n) is 3.36. The molecule has 0 aliphatic rings. The minimum atomic E-state index is -0.365. The molecule has 5 nitrogen and oxygen atoms in total. The molecule has 0 unspecified atom stereocenters. The van der Waals surface area contributed by atoms with Crippen molar-refractivity contribution in [2.75, 3.05) is 0 Å². The normalized spacial score (nSPS) is 12.3. The van der Waals surface area contributed by atoms with Crippen LogP contribution in [-0.2, 0) is 4.79 Å². The SMILES string of the molecule is CC(=O)N[C@H](c1ccc(C)cc1)n1nnc2ccccc21. The smallest absolute Gasteiger partial charge is 0.218 e. The summed E-state index contributed by atoms with van der Waals surface area (Å²) in [4.78, 5) is 11.6. The maximum atomic E-state index is 11.6. The van der Waals surface area contributed by atoms with E-state index in [1.165, 1.54) is 12.5 Å². The fraction of sp³-hybridized carbons (Fsp3) is 0.188. The number of carbonyl (C=O) groups excluding carboxylic acids is 1. The van der Waals surface area contributed by atoms with E-state index in [2.05, 4.69) is 15.6 Å². The lowest BCUT2D eigenvalue weighted by atomic mass is 10.1. The van der Waals surface area contributed by atoms with Gasteiger partial charge in [-0.1, -0.05) is 47.2 Å². The van der Waals surface area contributed by atoms with Crippen LogP contribution in [0.2, 0.25) is 0 Å². The van der Waals surface area contributed by atoms with Gasteiger partial charge in [0.15, 0.2) is 6.17 Å². The molecule has 106 valence electrons. The van der Waals surface area contributed by atoms with Crippen molar-refractivity contribution >= 4 is 16.9 Å². The van der Waals surface area contributed by atoms with Crippen LogP contribution in [0.3, 0.4) is 0 Å². The number of benzene rings is 2. The minimum absolute atomic E-state index is 0.111. The quantitative estimate of drug-likeness (QED) is 0.801. The molecule has 1 N–H and O–H groups in total. The van der Waals surface area contributed by atoms with E-state index in [0.717, 1.165) is 16.6 Å². The van der Waals surface area contributed by atoms with Gasteiger partial charge in [0.05, 0.1) is 5.52 Å². The summed E-state index contributed by atoms with van der Waals surface area (Å²) in [5, 5.41) is 11.3. The van der Waals surface area contributed by atoms with Gasteiger partial charge in [0, 0.05) is 6.92 Å². The van der Waals surface area contributed by atoms with E-state index in [-0.39, 0.29) is 12.1 Å². The fourth-order valence-corrected chi connectivity index (χ4v) is 2.30. The first-order valence-corrected chi connectivity index (χ1v) is 6.79. The Morgan fingerprint density at radius 2 is 1.86 bits per heavy atom. The van der Waals surface area contributed by atoms with E-state index < -0.39 is 0 Å². The second-order valence-electron chi connectivity index (χ2n) is 5.04. The zero-order valence-corrected chi connectivity index (χ0v) is 11.9. The number of hydrogen-bond donors (Lipinski definition) is 1. The topological polar surface area (TPSA) is 59.8 Å². The van der Waals surface area contributed by atoms with Crippen molar-refractivity contribution in [2.24, 2.45) is 0 Å². The van der Waals surface area contributed by atoms with Crippen molar-refractivity contribution < 1.29 is 4.79 Å². The molecule has 2 aromatic carbocycles. The molecule has 0 saturated heterocycles. The fourth-order valence-electron chi connectivity index (χ4n) is 2.30. The van der Waals surface area contributed by atoms with E-state index in [4.69, 9.17) is 0 Å². The van der Waals surface area contributed by atoms with Crippen LogP contribution >= 0.6 is 0 Å². The summed E-state index contributed by atoms with van der Waals surface area (Å²) in [5.41, 5.74) is 3.83. The van der Waals surface area contributed by atoms with Gasteiger partial charge in [-0.3, -0.25) is 4.79 Å². The Labute approximate surface area is 122 Å². The molecule has 1 atom stereocenters. The largest absolute Gasteiger partial charge is 0.331 e. The molecule has 0 saturated carbocycles. The predicted octanol–water partition coefficient (Wildman–Crippen LogP) is 2.42. The summed E-state index contributed by atoms with van der Waals surface area (Å²) < 4.78 is 1.74. The molecule has 0 radical (unpaired) electrons. The second-order valence-corrected chi connectivity index (χ2v) is 5.04. The standard InChI is InChI=1S/C16H16N4O/c1-11-7-9-13(10-8-11)16(17-12(2)21)20-15-6-4-3-5-14(15)18-19-20/h3-10,16H,1-2H3,(H,17,21)/t16-/m0/s1. The lowest BCUT2D eigenvalue weighted by molar-refractivity contribution is -0.119. The Morgan fingerprint density at radius 1 is 1.14 bits per heavy atom. The zero-order valence-electron chi connectivity index (χ0n) is 11.9. The van der Waals surface area contributed by atoms with Crippen LogP contribution < -0.4 is 5.32 Å². The van der Waals surface area contributed by atoms with Crippen LogP contribution in [0.5, 0.6) is 0 Å². The van der Waals surface area contributed by atoms with E-state index in [1.807, 2.05) is 55.5 Å². The minimum Gasteiger partial charge on any atom is -0.331 e. The molecule has 1 heterocycles. The molecular formula is C16H16N4O. The van der Waals surface area contributed by atoms with Crippen molar-refractivity contribution in [1.82, 2.24) is 20.3 Å². The zero-order chi connectivity index (χ0) is 14.8. The number of aryl methyl sites for hydroxylation is 1. The van der Waals surface area contributed by atoms with Gasteiger partial charge in [-0.2, -0.15) is 0 Å². The van der Waals surface area contributed by atoms with Crippen molar-refractivity contribution in [3.05, 3.63) is 59.7 Å². The van der Waals surface area contributed by atoms with Crippen molar-refractivity contribution in [1.29, 1.82) is 0 Å². The van der Waals surface area contributed by atoms with Crippen LogP contribution in [0.15, 0.2) is 48.5 Å². The molecule has 0 fully saturated rings. The Bertz CT molecular complexity index is 776. The number of fused-ring (bicyclic) bond motifs is 1. The molecule has 1 aromatic heterocycles. The number of amides is 1. The molecule has 0 aliphatic heterocycles. The summed E-state index contributed by atoms with van der Waals surface area (Å²) in [5.74, 6) is -0.111. The highest BCUT2D eigenvalue weighted by atomic mass is 16.1. The summed E-state index contributed by atoms with van der Waals surface area (Å²) >= 11 is 0. The summed E-state index contributed by atoms with van der Waals surface area (Å²) in [6, 6.07) is 15.7.